The molecule has 0 saturated carbocycles. The normalized spacial score (nSPS) is 15.7. The molecule has 0 aliphatic carbocycles. The number of nitrogens with zero attached hydrogens (tertiary/aromatic N) is 3. The summed E-state index contributed by atoms with van der Waals surface area (Å²) in [6, 6.07) is 1.90. The monoisotopic (exact) mass is 307 g/mol. The molecule has 1 aliphatic rings. The second-order valence-electron chi connectivity index (χ2n) is 5.27. The summed E-state index contributed by atoms with van der Waals surface area (Å²) in [6.07, 6.45) is 5.01. The van der Waals surface area contributed by atoms with E-state index in [1.165, 1.54) is 0 Å². The van der Waals surface area contributed by atoms with Crippen LogP contribution >= 0.6 is 0 Å². The molecule has 6 nitrogen and oxygen atoms in total. The summed E-state index contributed by atoms with van der Waals surface area (Å²) < 4.78 is 10.5. The fraction of sp³-hybridized carbons (Fsp3) is 0.625. The van der Waals surface area contributed by atoms with Crippen molar-refractivity contribution >= 4 is 5.91 Å². The van der Waals surface area contributed by atoms with Crippen molar-refractivity contribution in [2.75, 3.05) is 46.6 Å². The van der Waals surface area contributed by atoms with E-state index in [1.54, 1.807) is 19.5 Å². The number of hydrogen-bond donors (Lipinski definition) is 0. The Morgan fingerprint density at radius 3 is 2.91 bits per heavy atom. The molecule has 6 heteroatoms. The molecular weight excluding hydrogens is 282 g/mol. The van der Waals surface area contributed by atoms with Gasteiger partial charge in [0.1, 0.15) is 0 Å². The third-order valence-electron chi connectivity index (χ3n) is 3.72. The number of ether oxygens (including phenoxy) is 2. The fourth-order valence-electron chi connectivity index (χ4n) is 2.56. The standard InChI is InChI=1S/C16H25N3O3/c1-3-7-19(18-8-11-22-12-9-18)16(20)15-13-17-6-4-14(15)5-10-21-2/h4,6,13H,3,5,7-12H2,1-2H3. The Morgan fingerprint density at radius 2 is 2.23 bits per heavy atom. The van der Waals surface area contributed by atoms with Gasteiger partial charge in [-0.1, -0.05) is 6.92 Å². The second-order valence-corrected chi connectivity index (χ2v) is 5.27. The molecule has 0 bridgehead atoms. The van der Waals surface area contributed by atoms with E-state index in [9.17, 15) is 4.79 Å². The number of hydrogen-bond acceptors (Lipinski definition) is 5. The molecule has 2 rings (SSSR count). The molecule has 0 N–H and O–H groups in total. The maximum atomic E-state index is 13.0. The van der Waals surface area contributed by atoms with Crippen LogP contribution in [-0.2, 0) is 15.9 Å². The van der Waals surface area contributed by atoms with Crippen LogP contribution in [0.3, 0.4) is 0 Å². The molecule has 0 radical (unpaired) electrons. The first-order valence-electron chi connectivity index (χ1n) is 7.84. The molecule has 0 unspecified atom stereocenters. The van der Waals surface area contributed by atoms with Gasteiger partial charge in [-0.05, 0) is 24.5 Å². The largest absolute Gasteiger partial charge is 0.384 e. The average Bonchev–Trinajstić information content (AvgIpc) is 2.58. The van der Waals surface area contributed by atoms with Gasteiger partial charge in [0.15, 0.2) is 0 Å². The van der Waals surface area contributed by atoms with Gasteiger partial charge < -0.3 is 9.47 Å². The maximum Gasteiger partial charge on any atom is 0.270 e. The van der Waals surface area contributed by atoms with Gasteiger partial charge in [-0.15, -0.1) is 0 Å². The summed E-state index contributed by atoms with van der Waals surface area (Å²) in [4.78, 5) is 17.1. The Kier molecular flexibility index (Phi) is 6.76. The molecule has 0 spiro atoms. The van der Waals surface area contributed by atoms with Gasteiger partial charge in [-0.2, -0.15) is 0 Å². The van der Waals surface area contributed by atoms with Gasteiger partial charge in [0.25, 0.3) is 5.91 Å². The lowest BCUT2D eigenvalue weighted by atomic mass is 10.1. The quantitative estimate of drug-likeness (QED) is 0.761. The van der Waals surface area contributed by atoms with Crippen LogP contribution < -0.4 is 0 Å². The lowest BCUT2D eigenvalue weighted by molar-refractivity contribution is -0.0697. The minimum atomic E-state index is 0.0166. The highest BCUT2D eigenvalue weighted by atomic mass is 16.5. The van der Waals surface area contributed by atoms with Gasteiger partial charge >= 0.3 is 0 Å². The number of aromatic nitrogens is 1. The van der Waals surface area contributed by atoms with Crippen LogP contribution in [-0.4, -0.2) is 67.5 Å². The van der Waals surface area contributed by atoms with Crippen LogP contribution in [0.2, 0.25) is 0 Å². The number of pyridine rings is 1. The van der Waals surface area contributed by atoms with Gasteiger partial charge in [0, 0.05) is 39.1 Å². The maximum absolute atomic E-state index is 13.0. The van der Waals surface area contributed by atoms with Crippen molar-refractivity contribution in [3.05, 3.63) is 29.6 Å². The van der Waals surface area contributed by atoms with Crippen molar-refractivity contribution in [3.63, 3.8) is 0 Å². The minimum Gasteiger partial charge on any atom is -0.384 e. The first-order chi connectivity index (χ1) is 10.8. The fourth-order valence-corrected chi connectivity index (χ4v) is 2.56. The molecular formula is C16H25N3O3. The Balaban J connectivity index is 2.18. The highest BCUT2D eigenvalue weighted by Crippen LogP contribution is 2.15. The van der Waals surface area contributed by atoms with Gasteiger partial charge in [0.2, 0.25) is 0 Å². The Bertz CT molecular complexity index is 475. The van der Waals surface area contributed by atoms with Gasteiger partial charge in [0.05, 0.1) is 25.4 Å². The molecule has 22 heavy (non-hydrogen) atoms. The van der Waals surface area contributed by atoms with E-state index in [4.69, 9.17) is 9.47 Å². The Morgan fingerprint density at radius 1 is 1.45 bits per heavy atom. The molecule has 1 saturated heterocycles. The van der Waals surface area contributed by atoms with E-state index >= 15 is 0 Å². The summed E-state index contributed by atoms with van der Waals surface area (Å²) in [5.41, 5.74) is 1.65. The summed E-state index contributed by atoms with van der Waals surface area (Å²) in [7, 11) is 1.67. The van der Waals surface area contributed by atoms with Gasteiger partial charge in [-0.3, -0.25) is 14.8 Å². The van der Waals surface area contributed by atoms with E-state index in [2.05, 4.69) is 16.9 Å². The van der Waals surface area contributed by atoms with Crippen molar-refractivity contribution in [2.24, 2.45) is 0 Å². The third kappa shape index (κ3) is 4.25. The first kappa shape index (κ1) is 16.9. The minimum absolute atomic E-state index is 0.0166. The number of methoxy groups -OCH3 is 1. The molecule has 1 aromatic rings. The zero-order valence-corrected chi connectivity index (χ0v) is 13.5. The molecule has 1 aliphatic heterocycles. The number of amides is 1. The summed E-state index contributed by atoms with van der Waals surface area (Å²) >= 11 is 0. The average molecular weight is 307 g/mol. The number of rotatable bonds is 7. The Labute approximate surface area is 132 Å². The summed E-state index contributed by atoms with van der Waals surface area (Å²) in [6.45, 7) is 6.20. The van der Waals surface area contributed by atoms with Crippen molar-refractivity contribution in [1.29, 1.82) is 0 Å². The molecule has 122 valence electrons. The topological polar surface area (TPSA) is 54.9 Å². The summed E-state index contributed by atoms with van der Waals surface area (Å²) in [5.74, 6) is 0.0166. The zero-order chi connectivity index (χ0) is 15.8. The highest BCUT2D eigenvalue weighted by Gasteiger charge is 2.25. The lowest BCUT2D eigenvalue weighted by Crippen LogP contribution is -2.52. The van der Waals surface area contributed by atoms with Crippen molar-refractivity contribution in [3.8, 4) is 0 Å². The molecule has 0 aromatic carbocycles. The highest BCUT2D eigenvalue weighted by molar-refractivity contribution is 5.95. The number of hydrazine groups is 1. The second kappa shape index (κ2) is 8.82. The Hall–Kier alpha value is -1.50. The van der Waals surface area contributed by atoms with Crippen LogP contribution in [0.1, 0.15) is 29.3 Å². The summed E-state index contributed by atoms with van der Waals surface area (Å²) in [5, 5.41) is 3.93. The number of carbonyl (C=O) groups excluding carboxylic acids is 1. The lowest BCUT2D eigenvalue weighted by Gasteiger charge is -2.37. The predicted molar refractivity (Wildman–Crippen MR) is 83.5 cm³/mol. The van der Waals surface area contributed by atoms with Crippen LogP contribution in [0.4, 0.5) is 0 Å². The van der Waals surface area contributed by atoms with E-state index in [1.807, 2.05) is 11.1 Å². The van der Waals surface area contributed by atoms with Crippen LogP contribution in [0.25, 0.3) is 0 Å². The molecule has 1 amide bonds. The smallest absolute Gasteiger partial charge is 0.270 e. The molecule has 1 fully saturated rings. The van der Waals surface area contributed by atoms with E-state index < -0.39 is 0 Å². The predicted octanol–water partition coefficient (Wildman–Crippen LogP) is 1.37. The van der Waals surface area contributed by atoms with Crippen LogP contribution in [0, 0.1) is 0 Å². The molecule has 1 aromatic heterocycles. The van der Waals surface area contributed by atoms with Crippen LogP contribution in [0.15, 0.2) is 18.5 Å². The van der Waals surface area contributed by atoms with E-state index in [-0.39, 0.29) is 5.91 Å². The van der Waals surface area contributed by atoms with E-state index in [0.29, 0.717) is 38.3 Å². The molecule has 2 heterocycles. The van der Waals surface area contributed by atoms with Crippen molar-refractivity contribution in [1.82, 2.24) is 15.0 Å². The third-order valence-corrected chi connectivity index (χ3v) is 3.72. The van der Waals surface area contributed by atoms with Crippen LogP contribution in [0.5, 0.6) is 0 Å². The van der Waals surface area contributed by atoms with E-state index in [0.717, 1.165) is 25.1 Å². The zero-order valence-electron chi connectivity index (χ0n) is 13.5. The SMILES string of the molecule is CCCN(C(=O)c1cnccc1CCOC)N1CCOCC1. The van der Waals surface area contributed by atoms with Crippen molar-refractivity contribution < 1.29 is 14.3 Å². The first-order valence-corrected chi connectivity index (χ1v) is 7.84. The molecule has 0 atom stereocenters. The van der Waals surface area contributed by atoms with Gasteiger partial charge in [-0.25, -0.2) is 5.01 Å². The van der Waals surface area contributed by atoms with Crippen molar-refractivity contribution in [2.45, 2.75) is 19.8 Å². The number of carbonyl (C=O) groups is 1. The number of morpholine rings is 1.